The first-order valence-electron chi connectivity index (χ1n) is 7.31. The second-order valence-electron chi connectivity index (χ2n) is 5.71. The summed E-state index contributed by atoms with van der Waals surface area (Å²) in [7, 11) is 0. The molecule has 1 saturated carbocycles. The molecule has 0 atom stereocenters. The molecule has 2 aromatic rings. The Morgan fingerprint density at radius 1 is 1.35 bits per heavy atom. The third-order valence-electron chi connectivity index (χ3n) is 4.56. The van der Waals surface area contributed by atoms with Gasteiger partial charge in [-0.15, -0.1) is 0 Å². The monoisotopic (exact) mass is 288 g/mol. The van der Waals surface area contributed by atoms with Crippen LogP contribution in [0.1, 0.15) is 39.0 Å². The Balaban J connectivity index is 1.98. The standard InChI is InChI=1S/C15H20N4S/c1-2-15(8-4-5-9-15)11-19-13(17-18-14(19)20)12-7-3-6-10-16-12/h3,6-7,10H,2,4-5,8-9,11H2,1H3,(H,18,20). The molecule has 0 aliphatic heterocycles. The predicted molar refractivity (Wildman–Crippen MR) is 81.8 cm³/mol. The van der Waals surface area contributed by atoms with Crippen LogP contribution in [-0.2, 0) is 6.54 Å². The lowest BCUT2D eigenvalue weighted by Gasteiger charge is -2.28. The highest BCUT2D eigenvalue weighted by Gasteiger charge is 2.33. The van der Waals surface area contributed by atoms with Crippen molar-refractivity contribution in [2.75, 3.05) is 0 Å². The Labute approximate surface area is 124 Å². The number of nitrogens with zero attached hydrogens (tertiary/aromatic N) is 3. The van der Waals surface area contributed by atoms with Gasteiger partial charge in [-0.2, -0.15) is 5.10 Å². The molecule has 2 aromatic heterocycles. The minimum absolute atomic E-state index is 0.381. The maximum absolute atomic E-state index is 5.42. The smallest absolute Gasteiger partial charge is 0.195 e. The average molecular weight is 288 g/mol. The van der Waals surface area contributed by atoms with Crippen LogP contribution < -0.4 is 0 Å². The van der Waals surface area contributed by atoms with E-state index in [1.54, 1.807) is 6.20 Å². The quantitative estimate of drug-likeness (QED) is 0.866. The summed E-state index contributed by atoms with van der Waals surface area (Å²) in [5, 5.41) is 7.30. The molecule has 1 aliphatic rings. The first-order chi connectivity index (χ1) is 9.74. The molecule has 0 radical (unpaired) electrons. The Morgan fingerprint density at radius 3 is 2.80 bits per heavy atom. The largest absolute Gasteiger partial charge is 0.298 e. The minimum Gasteiger partial charge on any atom is -0.298 e. The van der Waals surface area contributed by atoms with Crippen molar-refractivity contribution in [3.63, 3.8) is 0 Å². The predicted octanol–water partition coefficient (Wildman–Crippen LogP) is 3.97. The Bertz CT molecular complexity index is 623. The number of rotatable bonds is 4. The van der Waals surface area contributed by atoms with Crippen LogP contribution in [0.15, 0.2) is 24.4 Å². The SMILES string of the molecule is CCC1(Cn2c(-c3ccccn3)n[nH]c2=S)CCCC1. The highest BCUT2D eigenvalue weighted by Crippen LogP contribution is 2.42. The fourth-order valence-corrected chi connectivity index (χ4v) is 3.44. The fourth-order valence-electron chi connectivity index (χ4n) is 3.24. The van der Waals surface area contributed by atoms with Gasteiger partial charge < -0.3 is 0 Å². The summed E-state index contributed by atoms with van der Waals surface area (Å²) in [6.07, 6.45) is 8.23. The van der Waals surface area contributed by atoms with Crippen LogP contribution in [0.25, 0.3) is 11.5 Å². The molecular weight excluding hydrogens is 268 g/mol. The van der Waals surface area contributed by atoms with Gasteiger partial charge in [0.1, 0.15) is 5.69 Å². The molecule has 2 heterocycles. The van der Waals surface area contributed by atoms with Crippen LogP contribution in [0, 0.1) is 10.2 Å². The molecule has 3 rings (SSSR count). The van der Waals surface area contributed by atoms with Gasteiger partial charge in [-0.1, -0.05) is 25.8 Å². The van der Waals surface area contributed by atoms with Crippen LogP contribution in [0.4, 0.5) is 0 Å². The van der Waals surface area contributed by atoms with Gasteiger partial charge in [-0.05, 0) is 49.0 Å². The number of hydrogen-bond acceptors (Lipinski definition) is 3. The lowest BCUT2D eigenvalue weighted by atomic mass is 9.83. The third-order valence-corrected chi connectivity index (χ3v) is 4.87. The van der Waals surface area contributed by atoms with E-state index in [4.69, 9.17) is 12.2 Å². The van der Waals surface area contributed by atoms with E-state index in [0.717, 1.165) is 18.1 Å². The maximum Gasteiger partial charge on any atom is 0.195 e. The Morgan fingerprint density at radius 2 is 2.15 bits per heavy atom. The maximum atomic E-state index is 5.42. The van der Waals surface area contributed by atoms with Crippen molar-refractivity contribution in [1.82, 2.24) is 19.7 Å². The summed E-state index contributed by atoms with van der Waals surface area (Å²) in [5.41, 5.74) is 1.26. The molecule has 20 heavy (non-hydrogen) atoms. The number of aromatic amines is 1. The van der Waals surface area contributed by atoms with Crippen LogP contribution in [0.5, 0.6) is 0 Å². The second kappa shape index (κ2) is 5.48. The van der Waals surface area contributed by atoms with E-state index in [0.29, 0.717) is 10.2 Å². The third kappa shape index (κ3) is 2.42. The average Bonchev–Trinajstić information content (AvgIpc) is 3.09. The number of nitrogens with one attached hydrogen (secondary N) is 1. The molecule has 0 saturated heterocycles. The summed E-state index contributed by atoms with van der Waals surface area (Å²) < 4.78 is 2.83. The normalized spacial score (nSPS) is 17.4. The molecule has 0 spiro atoms. The number of pyridine rings is 1. The van der Waals surface area contributed by atoms with Crippen molar-refractivity contribution < 1.29 is 0 Å². The molecular formula is C15H20N4S. The van der Waals surface area contributed by atoms with E-state index in [1.165, 1.54) is 32.1 Å². The van der Waals surface area contributed by atoms with Crippen molar-refractivity contribution in [3.8, 4) is 11.5 Å². The molecule has 4 nitrogen and oxygen atoms in total. The van der Waals surface area contributed by atoms with Crippen LogP contribution >= 0.6 is 12.2 Å². The zero-order valence-electron chi connectivity index (χ0n) is 11.8. The van der Waals surface area contributed by atoms with E-state index in [1.807, 2.05) is 18.2 Å². The number of H-pyrrole nitrogens is 1. The summed E-state index contributed by atoms with van der Waals surface area (Å²) >= 11 is 5.42. The molecule has 0 unspecified atom stereocenters. The van der Waals surface area contributed by atoms with Crippen LogP contribution in [0.3, 0.4) is 0 Å². The van der Waals surface area contributed by atoms with Gasteiger partial charge in [-0.25, -0.2) is 0 Å². The molecule has 5 heteroatoms. The van der Waals surface area contributed by atoms with Gasteiger partial charge >= 0.3 is 0 Å². The second-order valence-corrected chi connectivity index (χ2v) is 6.10. The molecule has 0 bridgehead atoms. The van der Waals surface area contributed by atoms with Crippen molar-refractivity contribution in [2.45, 2.75) is 45.6 Å². The molecule has 1 N–H and O–H groups in total. The van der Waals surface area contributed by atoms with Crippen molar-refractivity contribution in [3.05, 3.63) is 29.2 Å². The molecule has 1 fully saturated rings. The topological polar surface area (TPSA) is 46.5 Å². The Hall–Kier alpha value is -1.49. The summed E-state index contributed by atoms with van der Waals surface area (Å²) in [6, 6.07) is 5.88. The molecule has 106 valence electrons. The van der Waals surface area contributed by atoms with Crippen LogP contribution in [-0.4, -0.2) is 19.7 Å². The van der Waals surface area contributed by atoms with Crippen molar-refractivity contribution in [1.29, 1.82) is 0 Å². The van der Waals surface area contributed by atoms with E-state index in [-0.39, 0.29) is 0 Å². The molecule has 0 amide bonds. The summed E-state index contributed by atoms with van der Waals surface area (Å²) in [5.74, 6) is 0.857. The summed E-state index contributed by atoms with van der Waals surface area (Å²) in [6.45, 7) is 3.24. The van der Waals surface area contributed by atoms with Gasteiger partial charge in [0.25, 0.3) is 0 Å². The summed E-state index contributed by atoms with van der Waals surface area (Å²) in [4.78, 5) is 4.40. The zero-order valence-corrected chi connectivity index (χ0v) is 12.6. The van der Waals surface area contributed by atoms with Crippen LogP contribution in [0.2, 0.25) is 0 Å². The van der Waals surface area contributed by atoms with Gasteiger partial charge in [0, 0.05) is 12.7 Å². The van der Waals surface area contributed by atoms with E-state index in [2.05, 4.69) is 26.7 Å². The van der Waals surface area contributed by atoms with Gasteiger partial charge in [0.2, 0.25) is 0 Å². The van der Waals surface area contributed by atoms with E-state index >= 15 is 0 Å². The molecule has 0 aromatic carbocycles. The van der Waals surface area contributed by atoms with Crippen molar-refractivity contribution in [2.24, 2.45) is 5.41 Å². The highest BCUT2D eigenvalue weighted by atomic mass is 32.1. The van der Waals surface area contributed by atoms with E-state index < -0.39 is 0 Å². The Kier molecular flexibility index (Phi) is 3.70. The highest BCUT2D eigenvalue weighted by molar-refractivity contribution is 7.71. The lowest BCUT2D eigenvalue weighted by Crippen LogP contribution is -2.23. The number of hydrogen-bond donors (Lipinski definition) is 1. The first kappa shape index (κ1) is 13.5. The van der Waals surface area contributed by atoms with Gasteiger partial charge in [-0.3, -0.25) is 14.6 Å². The first-order valence-corrected chi connectivity index (χ1v) is 7.71. The zero-order chi connectivity index (χ0) is 14.0. The van der Waals surface area contributed by atoms with Crippen molar-refractivity contribution >= 4 is 12.2 Å². The number of aromatic nitrogens is 4. The van der Waals surface area contributed by atoms with Gasteiger partial charge in [0.15, 0.2) is 10.6 Å². The fraction of sp³-hybridized carbons (Fsp3) is 0.533. The van der Waals surface area contributed by atoms with E-state index in [9.17, 15) is 0 Å². The molecule has 1 aliphatic carbocycles. The lowest BCUT2D eigenvalue weighted by molar-refractivity contribution is 0.237. The van der Waals surface area contributed by atoms with Gasteiger partial charge in [0.05, 0.1) is 0 Å². The minimum atomic E-state index is 0.381.